The van der Waals surface area contributed by atoms with E-state index >= 15 is 0 Å². The lowest BCUT2D eigenvalue weighted by Crippen LogP contribution is -2.30. The first-order valence-electron chi connectivity index (χ1n) is 22.8. The summed E-state index contributed by atoms with van der Waals surface area (Å²) in [5.74, 6) is 0.791. The van der Waals surface area contributed by atoms with E-state index in [0.717, 1.165) is 69.6 Å². The third kappa shape index (κ3) is 38.1. The first-order valence-corrected chi connectivity index (χ1v) is 22.8. The van der Waals surface area contributed by atoms with Gasteiger partial charge >= 0.3 is 17.9 Å². The first kappa shape index (κ1) is 50.4. The van der Waals surface area contributed by atoms with Crippen molar-refractivity contribution in [3.8, 4) is 0 Å². The fraction of sp³-hybridized carbons (Fsp3) is 0.935. The summed E-state index contributed by atoms with van der Waals surface area (Å²) in [5.41, 5.74) is 0. The summed E-state index contributed by atoms with van der Waals surface area (Å²) in [5, 5.41) is 0. The van der Waals surface area contributed by atoms with Gasteiger partial charge in [-0.15, -0.1) is 0 Å². The van der Waals surface area contributed by atoms with Crippen LogP contribution >= 0.6 is 0 Å². The van der Waals surface area contributed by atoms with Crippen LogP contribution in [0.4, 0.5) is 0 Å². The summed E-state index contributed by atoms with van der Waals surface area (Å²) in [4.78, 5) is 37.5. The Morgan fingerprint density at radius 3 is 1.10 bits per heavy atom. The van der Waals surface area contributed by atoms with Crippen LogP contribution in [0, 0.1) is 11.8 Å². The van der Waals surface area contributed by atoms with Crippen molar-refractivity contribution in [1.29, 1.82) is 0 Å². The minimum Gasteiger partial charge on any atom is -0.462 e. The summed E-state index contributed by atoms with van der Waals surface area (Å²) in [6, 6.07) is 0. The molecule has 0 aromatic carbocycles. The molecule has 6 nitrogen and oxygen atoms in total. The number of hydrogen-bond acceptors (Lipinski definition) is 6. The second-order valence-corrected chi connectivity index (χ2v) is 16.4. The third-order valence-corrected chi connectivity index (χ3v) is 10.6. The van der Waals surface area contributed by atoms with Gasteiger partial charge in [0.2, 0.25) is 0 Å². The summed E-state index contributed by atoms with van der Waals surface area (Å²) in [6.45, 7) is 11.3. The van der Waals surface area contributed by atoms with Gasteiger partial charge in [-0.25, -0.2) is 0 Å². The largest absolute Gasteiger partial charge is 0.462 e. The number of carbonyl (C=O) groups excluding carboxylic acids is 3. The molecule has 6 heteroatoms. The summed E-state index contributed by atoms with van der Waals surface area (Å²) in [6.07, 6.45) is 36.8. The molecule has 0 aromatic rings. The maximum Gasteiger partial charge on any atom is 0.306 e. The predicted octanol–water partition coefficient (Wildman–Crippen LogP) is 14.2. The van der Waals surface area contributed by atoms with Crippen LogP contribution in [0.15, 0.2) is 0 Å². The van der Waals surface area contributed by atoms with Gasteiger partial charge in [-0.3, -0.25) is 14.4 Å². The molecule has 2 atom stereocenters. The second-order valence-electron chi connectivity index (χ2n) is 16.4. The Morgan fingerprint density at radius 1 is 0.404 bits per heavy atom. The molecule has 0 bridgehead atoms. The highest BCUT2D eigenvalue weighted by Crippen LogP contribution is 2.17. The van der Waals surface area contributed by atoms with Crippen molar-refractivity contribution in [1.82, 2.24) is 0 Å². The number of unbranched alkanes of at least 4 members (excludes halogenated alkanes) is 24. The molecule has 0 spiro atoms. The molecule has 0 amide bonds. The summed E-state index contributed by atoms with van der Waals surface area (Å²) < 4.78 is 16.6. The lowest BCUT2D eigenvalue weighted by molar-refractivity contribution is -0.167. The molecule has 0 N–H and O–H groups in total. The van der Waals surface area contributed by atoms with Gasteiger partial charge in [0.25, 0.3) is 0 Å². The average Bonchev–Trinajstić information content (AvgIpc) is 3.12. The molecule has 1 unspecified atom stereocenters. The monoisotopic (exact) mass is 737 g/mol. The molecule has 0 aliphatic carbocycles. The van der Waals surface area contributed by atoms with E-state index in [9.17, 15) is 14.4 Å². The fourth-order valence-electron chi connectivity index (χ4n) is 6.72. The Bertz CT molecular complexity index is 796. The molecule has 0 saturated carbocycles. The van der Waals surface area contributed by atoms with Gasteiger partial charge in [0, 0.05) is 19.3 Å². The van der Waals surface area contributed by atoms with Gasteiger partial charge in [0.05, 0.1) is 0 Å². The molecule has 0 fully saturated rings. The maximum atomic E-state index is 12.6. The molecule has 0 radical (unpaired) electrons. The average molecular weight is 737 g/mol. The molecule has 0 aliphatic rings. The van der Waals surface area contributed by atoms with Gasteiger partial charge in [-0.05, 0) is 31.1 Å². The topological polar surface area (TPSA) is 78.9 Å². The molecule has 308 valence electrons. The predicted molar refractivity (Wildman–Crippen MR) is 220 cm³/mol. The smallest absolute Gasteiger partial charge is 0.306 e. The van der Waals surface area contributed by atoms with Crippen LogP contribution in [0.25, 0.3) is 0 Å². The van der Waals surface area contributed by atoms with E-state index < -0.39 is 6.10 Å². The quantitative estimate of drug-likeness (QED) is 0.0354. The first-order chi connectivity index (χ1) is 25.3. The number of hydrogen-bond donors (Lipinski definition) is 0. The van der Waals surface area contributed by atoms with Crippen LogP contribution in [0.3, 0.4) is 0 Å². The Balaban J connectivity index is 4.16. The standard InChI is InChI=1S/C46H88O6/c1-6-8-9-10-19-28-33-38-46(49)52-43(40-51-45(48)37-32-27-23-22-24-29-34-41(3)4)39-50-44(47)36-31-26-21-18-16-14-12-11-13-15-17-20-25-30-35-42(5)7-2/h41-43H,6-40H2,1-5H3/t42?,43-/m1/s1. The Morgan fingerprint density at radius 2 is 0.731 bits per heavy atom. The van der Waals surface area contributed by atoms with Gasteiger partial charge < -0.3 is 14.2 Å². The van der Waals surface area contributed by atoms with Crippen molar-refractivity contribution in [2.45, 2.75) is 253 Å². The van der Waals surface area contributed by atoms with E-state index in [1.807, 2.05) is 0 Å². The van der Waals surface area contributed by atoms with Crippen molar-refractivity contribution < 1.29 is 28.6 Å². The van der Waals surface area contributed by atoms with Crippen molar-refractivity contribution in [2.75, 3.05) is 13.2 Å². The number of esters is 3. The van der Waals surface area contributed by atoms with Crippen LogP contribution in [0.2, 0.25) is 0 Å². The van der Waals surface area contributed by atoms with Crippen LogP contribution in [-0.2, 0) is 28.6 Å². The van der Waals surface area contributed by atoms with E-state index in [0.29, 0.717) is 19.3 Å². The van der Waals surface area contributed by atoms with E-state index in [1.54, 1.807) is 0 Å². The zero-order valence-electron chi connectivity index (χ0n) is 35.4. The molecule has 52 heavy (non-hydrogen) atoms. The van der Waals surface area contributed by atoms with Gasteiger partial charge in [-0.2, -0.15) is 0 Å². The molecule has 0 aliphatic heterocycles. The van der Waals surface area contributed by atoms with Crippen LogP contribution in [-0.4, -0.2) is 37.2 Å². The van der Waals surface area contributed by atoms with E-state index in [4.69, 9.17) is 14.2 Å². The zero-order chi connectivity index (χ0) is 38.3. The lowest BCUT2D eigenvalue weighted by Gasteiger charge is -2.18. The third-order valence-electron chi connectivity index (χ3n) is 10.6. The van der Waals surface area contributed by atoms with E-state index in [-0.39, 0.29) is 31.1 Å². The molecule has 0 rings (SSSR count). The normalized spacial score (nSPS) is 12.6. The number of rotatable bonds is 40. The van der Waals surface area contributed by atoms with Gasteiger partial charge in [-0.1, -0.05) is 208 Å². The van der Waals surface area contributed by atoms with Crippen molar-refractivity contribution >= 4 is 17.9 Å². The Labute approximate surface area is 323 Å². The highest BCUT2D eigenvalue weighted by molar-refractivity contribution is 5.71. The molecular weight excluding hydrogens is 649 g/mol. The minimum atomic E-state index is -0.759. The Hall–Kier alpha value is -1.59. The molecule has 0 aromatic heterocycles. The SMILES string of the molecule is CCCCCCCCCC(=O)O[C@H](COC(=O)CCCCCCCCCCCCCCCCC(C)CC)COC(=O)CCCCCCCCC(C)C. The molecule has 0 heterocycles. The van der Waals surface area contributed by atoms with Gasteiger partial charge in [0.1, 0.15) is 13.2 Å². The van der Waals surface area contributed by atoms with Crippen LogP contribution < -0.4 is 0 Å². The minimum absolute atomic E-state index is 0.0660. The van der Waals surface area contributed by atoms with Crippen LogP contribution in [0.1, 0.15) is 247 Å². The number of carbonyl (C=O) groups is 3. The summed E-state index contributed by atoms with van der Waals surface area (Å²) in [7, 11) is 0. The fourth-order valence-corrected chi connectivity index (χ4v) is 6.72. The maximum absolute atomic E-state index is 12.6. The van der Waals surface area contributed by atoms with Crippen molar-refractivity contribution in [2.24, 2.45) is 11.8 Å². The number of ether oxygens (including phenoxy) is 3. The molecular formula is C46H88O6. The van der Waals surface area contributed by atoms with Crippen molar-refractivity contribution in [3.05, 3.63) is 0 Å². The highest BCUT2D eigenvalue weighted by atomic mass is 16.6. The summed E-state index contributed by atoms with van der Waals surface area (Å²) >= 11 is 0. The van der Waals surface area contributed by atoms with E-state index in [1.165, 1.54) is 135 Å². The Kier molecular flexibility index (Phi) is 37.9. The second kappa shape index (κ2) is 39.1. The zero-order valence-corrected chi connectivity index (χ0v) is 35.4. The van der Waals surface area contributed by atoms with Gasteiger partial charge in [0.15, 0.2) is 6.10 Å². The highest BCUT2D eigenvalue weighted by Gasteiger charge is 2.19. The molecule has 0 saturated heterocycles. The van der Waals surface area contributed by atoms with Crippen LogP contribution in [0.5, 0.6) is 0 Å². The van der Waals surface area contributed by atoms with E-state index in [2.05, 4.69) is 34.6 Å². The lowest BCUT2D eigenvalue weighted by atomic mass is 9.99. The van der Waals surface area contributed by atoms with Crippen molar-refractivity contribution in [3.63, 3.8) is 0 Å².